The Balaban J connectivity index is 1.59. The Bertz CT molecular complexity index is 840. The number of carbonyl (C=O) groups is 1. The number of rotatable bonds is 6. The van der Waals surface area contributed by atoms with Crippen molar-refractivity contribution in [1.82, 2.24) is 0 Å². The summed E-state index contributed by atoms with van der Waals surface area (Å²) in [6.45, 7) is 3.85. The molecular weight excluding hydrogens is 322 g/mol. The van der Waals surface area contributed by atoms with Crippen LogP contribution in [0.15, 0.2) is 78.9 Å². The van der Waals surface area contributed by atoms with Crippen molar-refractivity contribution >= 4 is 11.6 Å². The van der Waals surface area contributed by atoms with Crippen molar-refractivity contribution in [2.24, 2.45) is 0 Å². The van der Waals surface area contributed by atoms with E-state index in [2.05, 4.69) is 24.4 Å². The largest absolute Gasteiger partial charge is 0.481 e. The van der Waals surface area contributed by atoms with Crippen molar-refractivity contribution in [1.29, 1.82) is 0 Å². The Hall–Kier alpha value is -3.07. The van der Waals surface area contributed by atoms with Gasteiger partial charge in [-0.05, 0) is 54.3 Å². The number of carbonyl (C=O) groups excluding carboxylic acids is 1. The summed E-state index contributed by atoms with van der Waals surface area (Å²) < 4.78 is 5.77. The lowest BCUT2D eigenvalue weighted by molar-refractivity contribution is -0.122. The number of hydrogen-bond donors (Lipinski definition) is 1. The van der Waals surface area contributed by atoms with E-state index in [1.165, 1.54) is 5.56 Å². The van der Waals surface area contributed by atoms with E-state index in [0.29, 0.717) is 5.75 Å². The minimum absolute atomic E-state index is 0.165. The molecule has 0 heterocycles. The molecule has 0 spiro atoms. The minimum Gasteiger partial charge on any atom is -0.481 e. The number of nitrogens with one attached hydrogen (secondary N) is 1. The molecule has 3 nitrogen and oxygen atoms in total. The van der Waals surface area contributed by atoms with Crippen LogP contribution in [-0.4, -0.2) is 12.0 Å². The van der Waals surface area contributed by atoms with E-state index >= 15 is 0 Å². The molecule has 0 saturated carbocycles. The molecule has 1 N–H and O–H groups in total. The van der Waals surface area contributed by atoms with Gasteiger partial charge in [0.2, 0.25) is 0 Å². The van der Waals surface area contributed by atoms with Gasteiger partial charge in [0.25, 0.3) is 5.91 Å². The van der Waals surface area contributed by atoms with Gasteiger partial charge in [0.05, 0.1) is 0 Å². The van der Waals surface area contributed by atoms with Gasteiger partial charge in [-0.2, -0.15) is 0 Å². The highest BCUT2D eigenvalue weighted by atomic mass is 16.5. The summed E-state index contributed by atoms with van der Waals surface area (Å²) in [6, 6.07) is 25.8. The standard InChI is InChI=1S/C23H23NO2/c1-3-18-9-13-21(14-10-18)24-23(25)17(2)26-22-15-11-20(12-16-22)19-7-5-4-6-8-19/h4-17H,3H2,1-2H3,(H,24,25). The van der Waals surface area contributed by atoms with Crippen LogP contribution in [-0.2, 0) is 11.2 Å². The summed E-state index contributed by atoms with van der Waals surface area (Å²) in [7, 11) is 0. The minimum atomic E-state index is -0.580. The van der Waals surface area contributed by atoms with Crippen molar-refractivity contribution in [3.8, 4) is 16.9 Å². The summed E-state index contributed by atoms with van der Waals surface area (Å²) in [6.07, 6.45) is 0.399. The van der Waals surface area contributed by atoms with E-state index in [0.717, 1.165) is 23.2 Å². The SMILES string of the molecule is CCc1ccc(NC(=O)C(C)Oc2ccc(-c3ccccc3)cc2)cc1. The van der Waals surface area contributed by atoms with Crippen molar-refractivity contribution in [2.45, 2.75) is 26.4 Å². The zero-order valence-corrected chi connectivity index (χ0v) is 15.1. The van der Waals surface area contributed by atoms with Gasteiger partial charge in [-0.3, -0.25) is 4.79 Å². The Morgan fingerprint density at radius 2 is 1.50 bits per heavy atom. The molecule has 0 bridgehead atoms. The molecule has 132 valence electrons. The molecule has 26 heavy (non-hydrogen) atoms. The predicted octanol–water partition coefficient (Wildman–Crippen LogP) is 5.32. The second-order valence-electron chi connectivity index (χ2n) is 6.19. The molecule has 0 aliphatic rings. The topological polar surface area (TPSA) is 38.3 Å². The van der Waals surface area contributed by atoms with Gasteiger partial charge in [-0.25, -0.2) is 0 Å². The average Bonchev–Trinajstić information content (AvgIpc) is 2.70. The van der Waals surface area contributed by atoms with Crippen LogP contribution >= 0.6 is 0 Å². The van der Waals surface area contributed by atoms with E-state index in [-0.39, 0.29) is 5.91 Å². The van der Waals surface area contributed by atoms with Gasteiger partial charge in [0, 0.05) is 5.69 Å². The lowest BCUT2D eigenvalue weighted by Gasteiger charge is -2.15. The maximum Gasteiger partial charge on any atom is 0.265 e. The van der Waals surface area contributed by atoms with Crippen LogP contribution in [0.4, 0.5) is 5.69 Å². The number of anilines is 1. The molecular formula is C23H23NO2. The molecule has 0 aliphatic carbocycles. The second kappa shape index (κ2) is 8.34. The first-order chi connectivity index (χ1) is 12.7. The van der Waals surface area contributed by atoms with E-state index in [4.69, 9.17) is 4.74 Å². The highest BCUT2D eigenvalue weighted by Gasteiger charge is 2.15. The molecule has 0 aromatic heterocycles. The van der Waals surface area contributed by atoms with Crippen LogP contribution in [0.1, 0.15) is 19.4 Å². The van der Waals surface area contributed by atoms with Crippen LogP contribution in [0.25, 0.3) is 11.1 Å². The molecule has 0 radical (unpaired) electrons. The van der Waals surface area contributed by atoms with Crippen LogP contribution < -0.4 is 10.1 Å². The Kier molecular flexibility index (Phi) is 5.69. The van der Waals surface area contributed by atoms with E-state index in [1.807, 2.05) is 66.7 Å². The van der Waals surface area contributed by atoms with Gasteiger partial charge in [0.1, 0.15) is 5.75 Å². The Morgan fingerprint density at radius 1 is 0.885 bits per heavy atom. The van der Waals surface area contributed by atoms with Crippen LogP contribution in [0, 0.1) is 0 Å². The lowest BCUT2D eigenvalue weighted by Crippen LogP contribution is -2.30. The third kappa shape index (κ3) is 4.51. The predicted molar refractivity (Wildman–Crippen MR) is 106 cm³/mol. The maximum atomic E-state index is 12.3. The number of benzene rings is 3. The molecule has 0 saturated heterocycles. The first-order valence-electron chi connectivity index (χ1n) is 8.87. The lowest BCUT2D eigenvalue weighted by atomic mass is 10.1. The smallest absolute Gasteiger partial charge is 0.265 e. The quantitative estimate of drug-likeness (QED) is 0.656. The summed E-state index contributed by atoms with van der Waals surface area (Å²) in [5.41, 5.74) is 4.29. The summed E-state index contributed by atoms with van der Waals surface area (Å²) in [5, 5.41) is 2.89. The van der Waals surface area contributed by atoms with Crippen LogP contribution in [0.5, 0.6) is 5.75 Å². The summed E-state index contributed by atoms with van der Waals surface area (Å²) in [4.78, 5) is 12.3. The average molecular weight is 345 g/mol. The number of amides is 1. The summed E-state index contributed by atoms with van der Waals surface area (Å²) in [5.74, 6) is 0.509. The zero-order valence-electron chi connectivity index (χ0n) is 15.1. The zero-order chi connectivity index (χ0) is 18.4. The number of aryl methyl sites for hydroxylation is 1. The molecule has 0 fully saturated rings. The third-order valence-electron chi connectivity index (χ3n) is 4.27. The number of ether oxygens (including phenoxy) is 1. The fraction of sp³-hybridized carbons (Fsp3) is 0.174. The molecule has 3 aromatic carbocycles. The molecule has 3 aromatic rings. The van der Waals surface area contributed by atoms with Crippen molar-refractivity contribution in [3.05, 3.63) is 84.4 Å². The molecule has 1 unspecified atom stereocenters. The van der Waals surface area contributed by atoms with Crippen molar-refractivity contribution < 1.29 is 9.53 Å². The van der Waals surface area contributed by atoms with Gasteiger partial charge >= 0.3 is 0 Å². The molecule has 0 aliphatic heterocycles. The van der Waals surface area contributed by atoms with Crippen LogP contribution in [0.2, 0.25) is 0 Å². The monoisotopic (exact) mass is 345 g/mol. The van der Waals surface area contributed by atoms with Gasteiger partial charge < -0.3 is 10.1 Å². The fourth-order valence-corrected chi connectivity index (χ4v) is 2.68. The third-order valence-corrected chi connectivity index (χ3v) is 4.27. The normalized spacial score (nSPS) is 11.6. The van der Waals surface area contributed by atoms with Gasteiger partial charge in [-0.1, -0.05) is 61.5 Å². The molecule has 1 amide bonds. The number of hydrogen-bond acceptors (Lipinski definition) is 2. The highest BCUT2D eigenvalue weighted by Crippen LogP contribution is 2.22. The molecule has 3 rings (SSSR count). The first kappa shape index (κ1) is 17.7. The molecule has 1 atom stereocenters. The van der Waals surface area contributed by atoms with Crippen molar-refractivity contribution in [3.63, 3.8) is 0 Å². The van der Waals surface area contributed by atoms with Crippen LogP contribution in [0.3, 0.4) is 0 Å². The Labute approximate surface area is 154 Å². The molecule has 3 heteroatoms. The van der Waals surface area contributed by atoms with E-state index < -0.39 is 6.10 Å². The fourth-order valence-electron chi connectivity index (χ4n) is 2.68. The second-order valence-corrected chi connectivity index (χ2v) is 6.19. The maximum absolute atomic E-state index is 12.3. The van der Waals surface area contributed by atoms with Crippen molar-refractivity contribution in [2.75, 3.05) is 5.32 Å². The first-order valence-corrected chi connectivity index (χ1v) is 8.87. The van der Waals surface area contributed by atoms with E-state index in [1.54, 1.807) is 6.92 Å². The van der Waals surface area contributed by atoms with Gasteiger partial charge in [0.15, 0.2) is 6.10 Å². The van der Waals surface area contributed by atoms with E-state index in [9.17, 15) is 4.79 Å². The highest BCUT2D eigenvalue weighted by molar-refractivity contribution is 5.94. The van der Waals surface area contributed by atoms with Gasteiger partial charge in [-0.15, -0.1) is 0 Å². The summed E-state index contributed by atoms with van der Waals surface area (Å²) >= 11 is 0. The Morgan fingerprint density at radius 3 is 2.12 bits per heavy atom.